The van der Waals surface area contributed by atoms with E-state index in [1.54, 1.807) is 0 Å². The minimum Gasteiger partial charge on any atom is -0.480 e. The van der Waals surface area contributed by atoms with Crippen LogP contribution in [0, 0.1) is 13.8 Å². The second kappa shape index (κ2) is 3.38. The zero-order valence-corrected chi connectivity index (χ0v) is 8.69. The lowest BCUT2D eigenvalue weighted by Crippen LogP contribution is -2.11. The van der Waals surface area contributed by atoms with Crippen LogP contribution in [-0.2, 0) is 11.3 Å². The van der Waals surface area contributed by atoms with Gasteiger partial charge in [-0.3, -0.25) is 9.48 Å². The Kier molecular flexibility index (Phi) is 2.19. The van der Waals surface area contributed by atoms with E-state index in [9.17, 15) is 4.79 Å². The number of carboxylic acid groups (broad SMARTS) is 1. The van der Waals surface area contributed by atoms with E-state index in [1.807, 2.05) is 32.0 Å². The van der Waals surface area contributed by atoms with Crippen LogP contribution in [0.3, 0.4) is 0 Å². The van der Waals surface area contributed by atoms with Crippen molar-refractivity contribution in [1.29, 1.82) is 0 Å². The van der Waals surface area contributed by atoms with Crippen LogP contribution in [0.25, 0.3) is 10.9 Å². The Labute approximate surface area is 87.1 Å². The van der Waals surface area contributed by atoms with Gasteiger partial charge in [-0.25, -0.2) is 0 Å². The minimum absolute atomic E-state index is 0.0838. The largest absolute Gasteiger partial charge is 0.480 e. The quantitative estimate of drug-likeness (QED) is 0.810. The zero-order valence-electron chi connectivity index (χ0n) is 8.69. The van der Waals surface area contributed by atoms with Crippen molar-refractivity contribution in [2.75, 3.05) is 0 Å². The molecule has 0 spiro atoms. The van der Waals surface area contributed by atoms with Gasteiger partial charge in [0, 0.05) is 11.1 Å². The molecule has 2 rings (SSSR count). The van der Waals surface area contributed by atoms with Gasteiger partial charge in [0.1, 0.15) is 6.54 Å². The molecule has 0 bridgehead atoms. The molecule has 4 nitrogen and oxygen atoms in total. The first kappa shape index (κ1) is 9.71. The summed E-state index contributed by atoms with van der Waals surface area (Å²) in [5, 5.41) is 14.0. The van der Waals surface area contributed by atoms with Crippen LogP contribution in [0.15, 0.2) is 18.2 Å². The van der Waals surface area contributed by atoms with Crippen molar-refractivity contribution in [1.82, 2.24) is 9.78 Å². The van der Waals surface area contributed by atoms with Crippen LogP contribution in [0.4, 0.5) is 0 Å². The van der Waals surface area contributed by atoms with E-state index in [4.69, 9.17) is 5.11 Å². The topological polar surface area (TPSA) is 55.1 Å². The number of fused-ring (bicyclic) bond motifs is 1. The van der Waals surface area contributed by atoms with Crippen molar-refractivity contribution in [3.8, 4) is 0 Å². The fourth-order valence-electron chi connectivity index (χ4n) is 1.66. The van der Waals surface area contributed by atoms with Gasteiger partial charge >= 0.3 is 5.97 Å². The molecule has 0 amide bonds. The van der Waals surface area contributed by atoms with Crippen molar-refractivity contribution >= 4 is 16.9 Å². The lowest BCUT2D eigenvalue weighted by Gasteiger charge is -1.98. The molecule has 4 heteroatoms. The highest BCUT2D eigenvalue weighted by Gasteiger charge is 2.09. The summed E-state index contributed by atoms with van der Waals surface area (Å²) >= 11 is 0. The molecule has 0 unspecified atom stereocenters. The first-order valence-corrected chi connectivity index (χ1v) is 4.73. The number of rotatable bonds is 2. The molecule has 0 saturated carbocycles. The summed E-state index contributed by atoms with van der Waals surface area (Å²) in [5.74, 6) is -0.873. The fourth-order valence-corrected chi connectivity index (χ4v) is 1.66. The molecule has 15 heavy (non-hydrogen) atoms. The maximum absolute atomic E-state index is 10.6. The standard InChI is InChI=1S/C11H12N2O2/c1-7-3-4-9-8(2)13(6-11(14)15)12-10(9)5-7/h3-5H,6H2,1-2H3,(H,14,15). The minimum atomic E-state index is -0.873. The Balaban J connectivity index is 2.58. The number of aliphatic carboxylic acids is 1. The fraction of sp³-hybridized carbons (Fsp3) is 0.273. The normalized spacial score (nSPS) is 10.8. The van der Waals surface area contributed by atoms with Crippen LogP contribution in [0.5, 0.6) is 0 Å². The number of nitrogens with zero attached hydrogens (tertiary/aromatic N) is 2. The number of aryl methyl sites for hydroxylation is 2. The van der Waals surface area contributed by atoms with Gasteiger partial charge in [-0.1, -0.05) is 12.1 Å². The highest BCUT2D eigenvalue weighted by molar-refractivity contribution is 5.82. The van der Waals surface area contributed by atoms with Crippen molar-refractivity contribution in [2.24, 2.45) is 0 Å². The Bertz CT molecular complexity index is 529. The number of aromatic nitrogens is 2. The Morgan fingerprint density at radius 3 is 2.87 bits per heavy atom. The molecule has 2 aromatic rings. The van der Waals surface area contributed by atoms with E-state index in [2.05, 4.69) is 5.10 Å². The molecule has 0 aliphatic heterocycles. The summed E-state index contributed by atoms with van der Waals surface area (Å²) in [5.41, 5.74) is 2.88. The van der Waals surface area contributed by atoms with Crippen molar-refractivity contribution in [3.63, 3.8) is 0 Å². The highest BCUT2D eigenvalue weighted by Crippen LogP contribution is 2.18. The second-order valence-electron chi connectivity index (χ2n) is 3.66. The number of hydrogen-bond donors (Lipinski definition) is 1. The van der Waals surface area contributed by atoms with Gasteiger partial charge in [-0.2, -0.15) is 5.10 Å². The number of benzene rings is 1. The molecule has 78 valence electrons. The first-order chi connectivity index (χ1) is 7.08. The van der Waals surface area contributed by atoms with Gasteiger partial charge in [-0.15, -0.1) is 0 Å². The highest BCUT2D eigenvalue weighted by atomic mass is 16.4. The maximum Gasteiger partial charge on any atom is 0.325 e. The van der Waals surface area contributed by atoms with Crippen LogP contribution in [0.1, 0.15) is 11.3 Å². The molecule has 1 N–H and O–H groups in total. The predicted molar refractivity (Wildman–Crippen MR) is 56.8 cm³/mol. The maximum atomic E-state index is 10.6. The van der Waals surface area contributed by atoms with Gasteiger partial charge in [0.05, 0.1) is 5.52 Å². The van der Waals surface area contributed by atoms with E-state index in [0.29, 0.717) is 0 Å². The Hall–Kier alpha value is -1.84. The molecule has 0 saturated heterocycles. The SMILES string of the molecule is Cc1ccc2c(C)n(CC(=O)O)nc2c1. The third-order valence-corrected chi connectivity index (χ3v) is 2.44. The molecule has 1 heterocycles. The molecule has 0 aliphatic carbocycles. The lowest BCUT2D eigenvalue weighted by atomic mass is 10.1. The molecule has 1 aromatic carbocycles. The molecule has 0 radical (unpaired) electrons. The van der Waals surface area contributed by atoms with E-state index in [-0.39, 0.29) is 6.54 Å². The predicted octanol–water partition coefficient (Wildman–Crippen LogP) is 1.74. The van der Waals surface area contributed by atoms with E-state index >= 15 is 0 Å². The monoisotopic (exact) mass is 204 g/mol. The molecular formula is C11H12N2O2. The molecule has 0 aliphatic rings. The second-order valence-corrected chi connectivity index (χ2v) is 3.66. The van der Waals surface area contributed by atoms with Crippen LogP contribution in [-0.4, -0.2) is 20.9 Å². The summed E-state index contributed by atoms with van der Waals surface area (Å²) in [6.45, 7) is 3.79. The first-order valence-electron chi connectivity index (χ1n) is 4.73. The number of carboxylic acids is 1. The lowest BCUT2D eigenvalue weighted by molar-refractivity contribution is -0.137. The molecule has 0 fully saturated rings. The van der Waals surface area contributed by atoms with Crippen LogP contribution < -0.4 is 0 Å². The summed E-state index contributed by atoms with van der Waals surface area (Å²) < 4.78 is 1.52. The number of hydrogen-bond acceptors (Lipinski definition) is 2. The van der Waals surface area contributed by atoms with Gasteiger partial charge in [-0.05, 0) is 25.5 Å². The van der Waals surface area contributed by atoms with Crippen molar-refractivity contribution < 1.29 is 9.90 Å². The Morgan fingerprint density at radius 2 is 2.20 bits per heavy atom. The summed E-state index contributed by atoms with van der Waals surface area (Å²) in [6, 6.07) is 5.94. The average molecular weight is 204 g/mol. The molecule has 0 atom stereocenters. The van der Waals surface area contributed by atoms with Gasteiger partial charge in [0.15, 0.2) is 0 Å². The Morgan fingerprint density at radius 1 is 1.47 bits per heavy atom. The summed E-state index contributed by atoms with van der Waals surface area (Å²) in [6.07, 6.45) is 0. The molecular weight excluding hydrogens is 192 g/mol. The van der Waals surface area contributed by atoms with Gasteiger partial charge < -0.3 is 5.11 Å². The van der Waals surface area contributed by atoms with E-state index in [0.717, 1.165) is 22.2 Å². The van der Waals surface area contributed by atoms with Crippen molar-refractivity contribution in [3.05, 3.63) is 29.5 Å². The average Bonchev–Trinajstić information content (AvgIpc) is 2.42. The summed E-state index contributed by atoms with van der Waals surface area (Å²) in [4.78, 5) is 10.6. The van der Waals surface area contributed by atoms with E-state index in [1.165, 1.54) is 4.68 Å². The molecule has 1 aromatic heterocycles. The van der Waals surface area contributed by atoms with E-state index < -0.39 is 5.97 Å². The third-order valence-electron chi connectivity index (χ3n) is 2.44. The van der Waals surface area contributed by atoms with Gasteiger partial charge in [0.25, 0.3) is 0 Å². The third kappa shape index (κ3) is 1.70. The van der Waals surface area contributed by atoms with Gasteiger partial charge in [0.2, 0.25) is 0 Å². The smallest absolute Gasteiger partial charge is 0.325 e. The van der Waals surface area contributed by atoms with Crippen LogP contribution in [0.2, 0.25) is 0 Å². The number of carbonyl (C=O) groups is 1. The zero-order chi connectivity index (χ0) is 11.0. The van der Waals surface area contributed by atoms with Crippen LogP contribution >= 0.6 is 0 Å². The van der Waals surface area contributed by atoms with Crippen molar-refractivity contribution in [2.45, 2.75) is 20.4 Å². The summed E-state index contributed by atoms with van der Waals surface area (Å²) in [7, 11) is 0.